The molecule has 3 aliphatic rings. The first-order valence-electron chi connectivity index (χ1n) is 28.1. The first kappa shape index (κ1) is 61.7. The Kier molecular flexibility index (Phi) is 23.4. The van der Waals surface area contributed by atoms with Crippen LogP contribution in [0, 0.1) is 0 Å². The van der Waals surface area contributed by atoms with E-state index >= 15 is 0 Å². The SMILES string of the molecule is C=C(C)C=C(C)O.CN1C=CN(c2cccnc2)C1.CN1CN(c2ccccc2)c2ccccc21.CN1CN(c2cccnc2)c2ccccc21.c1ccc(-c2ccccn2)cc1.c1ccc(-c2ncccn2)nc1.c1cncc(-c2cnccn2)c1. The van der Waals surface area contributed by atoms with Crippen molar-refractivity contribution in [3.63, 3.8) is 0 Å². The van der Waals surface area contributed by atoms with Crippen molar-refractivity contribution in [2.45, 2.75) is 13.8 Å². The van der Waals surface area contributed by atoms with Crippen molar-refractivity contribution >= 4 is 39.8 Å². The summed E-state index contributed by atoms with van der Waals surface area (Å²) in [6, 6.07) is 62.9. The highest BCUT2D eigenvalue weighted by atomic mass is 16.3. The van der Waals surface area contributed by atoms with E-state index in [2.05, 4.69) is 204 Å². The Morgan fingerprint density at radius 2 is 0.862 bits per heavy atom. The van der Waals surface area contributed by atoms with Gasteiger partial charge in [-0.25, -0.2) is 9.97 Å². The van der Waals surface area contributed by atoms with E-state index in [9.17, 15) is 0 Å². The molecule has 3 aliphatic heterocycles. The molecule has 16 heteroatoms. The molecule has 436 valence electrons. The summed E-state index contributed by atoms with van der Waals surface area (Å²) < 4.78 is 0. The first-order chi connectivity index (χ1) is 42.6. The number of hydrogen-bond acceptors (Lipinski definition) is 16. The van der Waals surface area contributed by atoms with Crippen LogP contribution in [-0.4, -0.2) is 96.0 Å². The van der Waals surface area contributed by atoms with Crippen LogP contribution < -0.4 is 24.5 Å². The molecule has 0 saturated heterocycles. The van der Waals surface area contributed by atoms with E-state index in [1.54, 1.807) is 81.0 Å². The van der Waals surface area contributed by atoms with E-state index in [0.29, 0.717) is 11.6 Å². The van der Waals surface area contributed by atoms with Crippen molar-refractivity contribution in [3.05, 3.63) is 305 Å². The molecule has 4 aromatic carbocycles. The molecule has 0 radical (unpaired) electrons. The van der Waals surface area contributed by atoms with Crippen LogP contribution >= 0.6 is 0 Å². The Balaban J connectivity index is 0.000000133. The maximum atomic E-state index is 8.52. The second-order valence-corrected chi connectivity index (χ2v) is 19.8. The Labute approximate surface area is 510 Å². The summed E-state index contributed by atoms with van der Waals surface area (Å²) in [6.07, 6.45) is 28.6. The molecule has 14 rings (SSSR count). The summed E-state index contributed by atoms with van der Waals surface area (Å²) in [7, 11) is 6.28. The summed E-state index contributed by atoms with van der Waals surface area (Å²) in [5, 5.41) is 8.52. The zero-order valence-electron chi connectivity index (χ0n) is 49.6. The van der Waals surface area contributed by atoms with Gasteiger partial charge in [0.25, 0.3) is 0 Å². The van der Waals surface area contributed by atoms with E-state index in [-0.39, 0.29) is 0 Å². The van der Waals surface area contributed by atoms with Gasteiger partial charge in [0.1, 0.15) is 5.69 Å². The number of aliphatic hydroxyl groups is 1. The Hall–Kier alpha value is -11.4. The second-order valence-electron chi connectivity index (χ2n) is 19.8. The average Bonchev–Trinajstić information content (AvgIpc) is 2.20. The van der Waals surface area contributed by atoms with Gasteiger partial charge < -0.3 is 34.5 Å². The number of allylic oxidation sites excluding steroid dienone is 3. The predicted molar refractivity (Wildman–Crippen MR) is 354 cm³/mol. The maximum Gasteiger partial charge on any atom is 0.178 e. The monoisotopic (exact) mass is 1150 g/mol. The fourth-order valence-corrected chi connectivity index (χ4v) is 8.93. The van der Waals surface area contributed by atoms with Crippen LogP contribution in [0.25, 0.3) is 34.0 Å². The summed E-state index contributed by atoms with van der Waals surface area (Å²) >= 11 is 0. The molecule has 0 spiro atoms. The lowest BCUT2D eigenvalue weighted by Crippen LogP contribution is -2.23. The van der Waals surface area contributed by atoms with Crippen molar-refractivity contribution in [2.24, 2.45) is 0 Å². The number of rotatable bonds is 7. The molecule has 16 nitrogen and oxygen atoms in total. The van der Waals surface area contributed by atoms with E-state index in [1.807, 2.05) is 118 Å². The minimum atomic E-state index is 0.313. The number of benzene rings is 4. The molecule has 0 fully saturated rings. The van der Waals surface area contributed by atoms with Gasteiger partial charge in [0.2, 0.25) is 0 Å². The zero-order chi connectivity index (χ0) is 60.8. The van der Waals surface area contributed by atoms with Gasteiger partial charge >= 0.3 is 0 Å². The third kappa shape index (κ3) is 19.1. The van der Waals surface area contributed by atoms with E-state index in [4.69, 9.17) is 5.11 Å². The average molecular weight is 1150 g/mol. The lowest BCUT2D eigenvalue weighted by molar-refractivity contribution is 0.414. The maximum absolute atomic E-state index is 8.52. The van der Waals surface area contributed by atoms with Crippen molar-refractivity contribution in [2.75, 3.05) is 65.6 Å². The standard InChI is InChI=1S/C14H14N2.C13H13N3.C11H9N.C9H11N3.2C9H7N3.C6H10O/c1-15-11-16(12-7-3-2-4-8-12)14-10-6-5-9-13(14)15;1-15-10-16(11-5-4-8-14-9-11)13-7-3-2-6-12(13)15;1-2-6-10(7-3-1)11-8-4-5-9-12-11;1-11-5-6-12(8-11)9-3-2-4-10-7-9;1-2-5-10-8(4-1)9-11-6-3-7-12-9;1-2-8(6-10-3-1)9-7-11-4-5-12-9;1-5(2)4-6(3)7/h2-10H,11H2,1H3;2-9H,10H2,1H3;1-9H;2-7H,8H2,1H3;2*1-7H;4,7H,1H2,2-3H3. The minimum absolute atomic E-state index is 0.313. The van der Waals surface area contributed by atoms with Crippen molar-refractivity contribution in [1.82, 2.24) is 49.8 Å². The largest absolute Gasteiger partial charge is 0.513 e. The molecule has 10 heterocycles. The normalized spacial score (nSPS) is 12.3. The van der Waals surface area contributed by atoms with Gasteiger partial charge in [-0.3, -0.25) is 34.9 Å². The number of fused-ring (bicyclic) bond motifs is 2. The van der Waals surface area contributed by atoms with Crippen LogP contribution in [0.15, 0.2) is 305 Å². The molecule has 0 bridgehead atoms. The van der Waals surface area contributed by atoms with Gasteiger partial charge in [-0.15, -0.1) is 0 Å². The number of aromatic nitrogens is 9. The number of para-hydroxylation sites is 5. The van der Waals surface area contributed by atoms with Gasteiger partial charge in [0.05, 0.1) is 89.9 Å². The number of aliphatic hydroxyl groups excluding tert-OH is 1. The van der Waals surface area contributed by atoms with Gasteiger partial charge in [-0.05, 0) is 123 Å². The lowest BCUT2D eigenvalue weighted by Gasteiger charge is -2.19. The van der Waals surface area contributed by atoms with Crippen molar-refractivity contribution in [3.8, 4) is 34.0 Å². The lowest BCUT2D eigenvalue weighted by atomic mass is 10.1. The second kappa shape index (κ2) is 33.0. The molecule has 7 aromatic heterocycles. The van der Waals surface area contributed by atoms with E-state index < -0.39 is 0 Å². The number of nitrogens with zero attached hydrogens (tertiary/aromatic N) is 15. The van der Waals surface area contributed by atoms with Gasteiger partial charge in [-0.1, -0.05) is 97.1 Å². The molecule has 0 aliphatic carbocycles. The van der Waals surface area contributed by atoms with Crippen LogP contribution in [0.1, 0.15) is 13.8 Å². The highest BCUT2D eigenvalue weighted by Crippen LogP contribution is 2.40. The highest BCUT2D eigenvalue weighted by molar-refractivity contribution is 5.83. The first-order valence-corrected chi connectivity index (χ1v) is 28.1. The van der Waals surface area contributed by atoms with Crippen LogP contribution in [0.2, 0.25) is 0 Å². The van der Waals surface area contributed by atoms with Crippen molar-refractivity contribution < 1.29 is 5.11 Å². The molecule has 11 aromatic rings. The molecule has 0 amide bonds. The van der Waals surface area contributed by atoms with Crippen molar-refractivity contribution in [1.29, 1.82) is 0 Å². The zero-order valence-corrected chi connectivity index (χ0v) is 49.6. The molecule has 1 N–H and O–H groups in total. The smallest absolute Gasteiger partial charge is 0.178 e. The number of pyridine rings is 5. The topological polar surface area (TPSA) is 156 Å². The summed E-state index contributed by atoms with van der Waals surface area (Å²) in [5.41, 5.74) is 14.3. The number of anilines is 7. The van der Waals surface area contributed by atoms with Gasteiger partial charge in [0.15, 0.2) is 5.82 Å². The van der Waals surface area contributed by atoms with Gasteiger partial charge in [0, 0.05) is 112 Å². The van der Waals surface area contributed by atoms with E-state index in [0.717, 1.165) is 65.2 Å². The number of hydrogen-bond donors (Lipinski definition) is 1. The third-order valence-corrected chi connectivity index (χ3v) is 12.9. The van der Waals surface area contributed by atoms with Crippen LogP contribution in [-0.2, 0) is 0 Å². The highest BCUT2D eigenvalue weighted by Gasteiger charge is 2.24. The fraction of sp³-hybridized carbons (Fsp3) is 0.113. The summed E-state index contributed by atoms with van der Waals surface area (Å²) in [4.78, 5) is 50.2. The molecule has 0 saturated carbocycles. The Morgan fingerprint density at radius 1 is 0.391 bits per heavy atom. The Morgan fingerprint density at radius 3 is 1.34 bits per heavy atom. The summed E-state index contributed by atoms with van der Waals surface area (Å²) in [6.45, 7) is 9.72. The molecular formula is C71H71N15O. The van der Waals surface area contributed by atoms with Gasteiger partial charge in [-0.2, -0.15) is 0 Å². The predicted octanol–water partition coefficient (Wildman–Crippen LogP) is 15.0. The third-order valence-electron chi connectivity index (χ3n) is 12.9. The molecule has 0 atom stereocenters. The molecular weight excluding hydrogens is 1080 g/mol. The summed E-state index contributed by atoms with van der Waals surface area (Å²) in [5.74, 6) is 0.977. The molecule has 87 heavy (non-hydrogen) atoms. The fourth-order valence-electron chi connectivity index (χ4n) is 8.93. The Bertz CT molecular complexity index is 3400. The molecule has 0 unspecified atom stereocenters. The minimum Gasteiger partial charge on any atom is -0.513 e. The van der Waals surface area contributed by atoms with E-state index in [1.165, 1.54) is 28.4 Å². The quantitative estimate of drug-likeness (QED) is 0.119. The van der Waals surface area contributed by atoms with Crippen LogP contribution in [0.3, 0.4) is 0 Å². The van der Waals surface area contributed by atoms with Crippen LogP contribution in [0.4, 0.5) is 39.8 Å². The van der Waals surface area contributed by atoms with Crippen LogP contribution in [0.5, 0.6) is 0 Å².